The maximum Gasteiger partial charge on any atom is 0.167 e. The van der Waals surface area contributed by atoms with Crippen LogP contribution in [0.1, 0.15) is 72.1 Å². The van der Waals surface area contributed by atoms with Crippen molar-refractivity contribution in [2.24, 2.45) is 34.5 Å². The second kappa shape index (κ2) is 5.94. The zero-order valence-electron chi connectivity index (χ0n) is 15.8. The van der Waals surface area contributed by atoms with Crippen molar-refractivity contribution in [2.45, 2.75) is 77.5 Å². The van der Waals surface area contributed by atoms with Crippen LogP contribution in [0.4, 0.5) is 0 Å². The molecule has 2 nitrogen and oxygen atoms in total. The largest absolute Gasteiger partial charge is 0.297 e. The average molecular weight is 363 g/mol. The van der Waals surface area contributed by atoms with E-state index in [2.05, 4.69) is 13.8 Å². The summed E-state index contributed by atoms with van der Waals surface area (Å²) in [5, 5.41) is -0.581. The van der Waals surface area contributed by atoms with Crippen molar-refractivity contribution in [2.75, 3.05) is 0 Å². The third-order valence-electron chi connectivity index (χ3n) is 8.54. The Morgan fingerprint density at radius 1 is 1.16 bits per heavy atom. The van der Waals surface area contributed by atoms with Gasteiger partial charge in [-0.05, 0) is 74.7 Å². The molecule has 0 N–H and O–H groups in total. The van der Waals surface area contributed by atoms with Gasteiger partial charge in [-0.2, -0.15) is 0 Å². The summed E-state index contributed by atoms with van der Waals surface area (Å²) in [6, 6.07) is 0. The van der Waals surface area contributed by atoms with Gasteiger partial charge in [0.15, 0.2) is 11.6 Å². The van der Waals surface area contributed by atoms with Crippen LogP contribution < -0.4 is 0 Å². The van der Waals surface area contributed by atoms with Gasteiger partial charge >= 0.3 is 0 Å². The van der Waals surface area contributed by atoms with Crippen molar-refractivity contribution < 1.29 is 9.59 Å². The van der Waals surface area contributed by atoms with Crippen molar-refractivity contribution >= 4 is 23.2 Å². The zero-order valence-corrected chi connectivity index (χ0v) is 16.6. The molecule has 0 aromatic heterocycles. The normalized spacial score (nSPS) is 47.4. The van der Waals surface area contributed by atoms with E-state index in [1.165, 1.54) is 50.5 Å². The monoisotopic (exact) mass is 362 g/mol. The first-order valence-electron chi connectivity index (χ1n) is 10.2. The Bertz CT molecular complexity index is 636. The molecule has 0 radical (unpaired) electrons. The molecule has 138 valence electrons. The first-order valence-corrected chi connectivity index (χ1v) is 10.7. The number of hydrogen-bond donors (Lipinski definition) is 0. The summed E-state index contributed by atoms with van der Waals surface area (Å²) in [6.07, 6.45) is 12.0. The molecule has 2 unspecified atom stereocenters. The quantitative estimate of drug-likeness (QED) is 0.491. The molecule has 7 atom stereocenters. The molecule has 3 fully saturated rings. The molecule has 4 aliphatic rings. The van der Waals surface area contributed by atoms with Gasteiger partial charge in [-0.3, -0.25) is 9.59 Å². The highest BCUT2D eigenvalue weighted by atomic mass is 35.5. The SMILES string of the molecule is CC(Cl)C(=O)[C@H]1C(=O)C=C2[C@@H]3CCC4CCCC[C@]4(C)[C@H]3CC[C@@]21C. The van der Waals surface area contributed by atoms with Crippen molar-refractivity contribution in [3.8, 4) is 0 Å². The predicted molar refractivity (Wildman–Crippen MR) is 101 cm³/mol. The lowest BCUT2D eigenvalue weighted by Crippen LogP contribution is -2.51. The second-order valence-corrected chi connectivity index (χ2v) is 10.3. The van der Waals surface area contributed by atoms with Gasteiger partial charge in [0.2, 0.25) is 0 Å². The van der Waals surface area contributed by atoms with Crippen LogP contribution in [0, 0.1) is 34.5 Å². The summed E-state index contributed by atoms with van der Waals surface area (Å²) in [6.45, 7) is 6.40. The van der Waals surface area contributed by atoms with Gasteiger partial charge in [-0.1, -0.05) is 32.3 Å². The minimum atomic E-state index is -0.581. The fraction of sp³-hybridized carbons (Fsp3) is 0.818. The Hall–Kier alpha value is -0.630. The molecule has 0 aliphatic heterocycles. The number of allylic oxidation sites excluding steroid dienone is 2. The number of carbonyl (C=O) groups is 2. The van der Waals surface area contributed by atoms with Gasteiger partial charge in [0, 0.05) is 5.41 Å². The highest BCUT2D eigenvalue weighted by Gasteiger charge is 2.60. The standard InChI is InChI=1S/C22H31ClO2/c1-13(23)20(25)19-18(24)12-17-15-8-7-14-6-4-5-10-21(14,2)16(15)9-11-22(17,19)3/h12-16,19H,4-11H2,1-3H3/t13?,14?,15-,16+,19-,21+,22+/m1/s1. The lowest BCUT2D eigenvalue weighted by atomic mass is 9.46. The molecule has 3 heteroatoms. The van der Waals surface area contributed by atoms with Crippen molar-refractivity contribution in [3.63, 3.8) is 0 Å². The molecule has 4 rings (SSSR count). The number of fused-ring (bicyclic) bond motifs is 5. The van der Waals surface area contributed by atoms with Crippen LogP contribution in [0.15, 0.2) is 11.6 Å². The molecule has 0 aromatic rings. The summed E-state index contributed by atoms with van der Waals surface area (Å²) in [4.78, 5) is 25.5. The van der Waals surface area contributed by atoms with Crippen LogP contribution in [0.3, 0.4) is 0 Å². The van der Waals surface area contributed by atoms with Crippen LogP contribution in [-0.4, -0.2) is 16.9 Å². The van der Waals surface area contributed by atoms with Gasteiger partial charge < -0.3 is 0 Å². The Morgan fingerprint density at radius 3 is 2.64 bits per heavy atom. The minimum Gasteiger partial charge on any atom is -0.297 e. The number of alkyl halides is 1. The Balaban J connectivity index is 1.68. The number of halogens is 1. The maximum atomic E-state index is 12.8. The van der Waals surface area contributed by atoms with Crippen molar-refractivity contribution in [1.82, 2.24) is 0 Å². The highest BCUT2D eigenvalue weighted by molar-refractivity contribution is 6.33. The van der Waals surface area contributed by atoms with Crippen LogP contribution >= 0.6 is 11.6 Å². The Labute approximate surface area is 156 Å². The molecule has 0 spiro atoms. The summed E-state index contributed by atoms with van der Waals surface area (Å²) in [5.74, 6) is 1.48. The Kier molecular flexibility index (Phi) is 4.22. The topological polar surface area (TPSA) is 34.1 Å². The first kappa shape index (κ1) is 17.8. The number of Topliss-reactive ketones (excluding diaryl/α,β-unsaturated/α-hetero) is 1. The third kappa shape index (κ3) is 2.42. The van der Waals surface area contributed by atoms with Crippen LogP contribution in [0.2, 0.25) is 0 Å². The molecule has 0 saturated heterocycles. The van der Waals surface area contributed by atoms with Crippen molar-refractivity contribution in [1.29, 1.82) is 0 Å². The summed E-state index contributed by atoms with van der Waals surface area (Å²) in [5.41, 5.74) is 1.46. The van der Waals surface area contributed by atoms with E-state index in [-0.39, 0.29) is 17.0 Å². The number of carbonyl (C=O) groups excluding carboxylic acids is 2. The number of ketones is 2. The van der Waals surface area contributed by atoms with E-state index in [9.17, 15) is 9.59 Å². The molecule has 25 heavy (non-hydrogen) atoms. The molecule has 0 bridgehead atoms. The van der Waals surface area contributed by atoms with E-state index in [4.69, 9.17) is 11.6 Å². The maximum absolute atomic E-state index is 12.8. The lowest BCUT2D eigenvalue weighted by molar-refractivity contribution is -0.134. The third-order valence-corrected chi connectivity index (χ3v) is 8.75. The summed E-state index contributed by atoms with van der Waals surface area (Å²) >= 11 is 6.09. The number of rotatable bonds is 2. The Morgan fingerprint density at radius 2 is 1.92 bits per heavy atom. The van der Waals surface area contributed by atoms with E-state index in [1.807, 2.05) is 6.08 Å². The highest BCUT2D eigenvalue weighted by Crippen LogP contribution is 2.65. The van der Waals surface area contributed by atoms with E-state index in [0.29, 0.717) is 17.3 Å². The van der Waals surface area contributed by atoms with Gasteiger partial charge in [0.25, 0.3) is 0 Å². The first-order chi connectivity index (χ1) is 11.8. The van der Waals surface area contributed by atoms with Gasteiger partial charge in [0.05, 0.1) is 11.3 Å². The summed E-state index contributed by atoms with van der Waals surface area (Å²) in [7, 11) is 0. The van der Waals surface area contributed by atoms with E-state index in [1.54, 1.807) is 6.92 Å². The van der Waals surface area contributed by atoms with Crippen LogP contribution in [0.25, 0.3) is 0 Å². The van der Waals surface area contributed by atoms with Gasteiger partial charge in [-0.15, -0.1) is 11.6 Å². The second-order valence-electron chi connectivity index (χ2n) is 9.65. The van der Waals surface area contributed by atoms with Gasteiger partial charge in [0.1, 0.15) is 0 Å². The summed E-state index contributed by atoms with van der Waals surface area (Å²) < 4.78 is 0. The van der Waals surface area contributed by atoms with Crippen LogP contribution in [0.5, 0.6) is 0 Å². The van der Waals surface area contributed by atoms with E-state index in [0.717, 1.165) is 12.3 Å². The molecule has 3 saturated carbocycles. The minimum absolute atomic E-state index is 0.0200. The van der Waals surface area contributed by atoms with Gasteiger partial charge in [-0.25, -0.2) is 0 Å². The van der Waals surface area contributed by atoms with E-state index >= 15 is 0 Å². The van der Waals surface area contributed by atoms with Crippen LogP contribution in [-0.2, 0) is 9.59 Å². The molecule has 0 heterocycles. The molecule has 4 aliphatic carbocycles. The molecule has 0 amide bonds. The number of hydrogen-bond acceptors (Lipinski definition) is 2. The smallest absolute Gasteiger partial charge is 0.167 e. The molecule has 0 aromatic carbocycles. The molecular weight excluding hydrogens is 332 g/mol. The molecular formula is C22H31ClO2. The van der Waals surface area contributed by atoms with Crippen molar-refractivity contribution in [3.05, 3.63) is 11.6 Å². The average Bonchev–Trinajstić information content (AvgIpc) is 2.83. The lowest BCUT2D eigenvalue weighted by Gasteiger charge is -2.58. The fourth-order valence-electron chi connectivity index (χ4n) is 7.18. The zero-order chi connectivity index (χ0) is 18.0. The fourth-order valence-corrected chi connectivity index (χ4v) is 7.30. The predicted octanol–water partition coefficient (Wildman–Crippen LogP) is 5.33. The van der Waals surface area contributed by atoms with E-state index < -0.39 is 11.3 Å².